The lowest BCUT2D eigenvalue weighted by molar-refractivity contribution is 0.0938. The van der Waals surface area contributed by atoms with E-state index >= 15 is 0 Å². The van der Waals surface area contributed by atoms with Crippen LogP contribution >= 0.6 is 0 Å². The maximum absolute atomic E-state index is 12.6. The van der Waals surface area contributed by atoms with Gasteiger partial charge in [-0.05, 0) is 42.6 Å². The van der Waals surface area contributed by atoms with Crippen LogP contribution in [0.25, 0.3) is 21.9 Å². The highest BCUT2D eigenvalue weighted by Gasteiger charge is 2.17. The van der Waals surface area contributed by atoms with Crippen LogP contribution in [-0.2, 0) is 7.05 Å². The number of rotatable bonds is 3. The molecular formula is C19H18N4O. The van der Waals surface area contributed by atoms with Crippen molar-refractivity contribution in [1.29, 1.82) is 0 Å². The number of hydrogen-bond donors (Lipinski definition) is 2. The van der Waals surface area contributed by atoms with Crippen molar-refractivity contribution in [2.75, 3.05) is 0 Å². The number of aromatic nitrogens is 3. The van der Waals surface area contributed by atoms with Crippen LogP contribution in [0.1, 0.15) is 29.1 Å². The summed E-state index contributed by atoms with van der Waals surface area (Å²) < 4.78 is 2.02. The number of benzene rings is 2. The molecule has 1 atom stereocenters. The van der Waals surface area contributed by atoms with Crippen molar-refractivity contribution in [2.24, 2.45) is 7.05 Å². The molecule has 4 aromatic rings. The number of H-pyrrole nitrogens is 1. The van der Waals surface area contributed by atoms with Gasteiger partial charge in [0.1, 0.15) is 5.82 Å². The number of aryl methyl sites for hydroxylation is 1. The Morgan fingerprint density at radius 1 is 1.21 bits per heavy atom. The van der Waals surface area contributed by atoms with Gasteiger partial charge in [0.2, 0.25) is 0 Å². The number of carbonyl (C=O) groups is 1. The summed E-state index contributed by atoms with van der Waals surface area (Å²) >= 11 is 0. The van der Waals surface area contributed by atoms with E-state index in [0.29, 0.717) is 5.56 Å². The van der Waals surface area contributed by atoms with Crippen molar-refractivity contribution >= 4 is 27.8 Å². The molecule has 2 heterocycles. The summed E-state index contributed by atoms with van der Waals surface area (Å²) in [4.78, 5) is 20.3. The van der Waals surface area contributed by atoms with E-state index in [-0.39, 0.29) is 11.9 Å². The standard InChI is InChI=1S/C19H18N4O/c1-12(18-22-15-5-3-4-6-17(15)23(18)2)21-19(24)14-8-7-13-9-10-20-16(13)11-14/h3-12,20H,1-2H3,(H,21,24). The minimum Gasteiger partial charge on any atom is -0.361 e. The number of hydrogen-bond acceptors (Lipinski definition) is 2. The van der Waals surface area contributed by atoms with Crippen LogP contribution in [0.4, 0.5) is 0 Å². The number of aromatic amines is 1. The van der Waals surface area contributed by atoms with Crippen LogP contribution in [-0.4, -0.2) is 20.4 Å². The molecule has 2 N–H and O–H groups in total. The van der Waals surface area contributed by atoms with Gasteiger partial charge in [0.25, 0.3) is 5.91 Å². The quantitative estimate of drug-likeness (QED) is 0.607. The van der Waals surface area contributed by atoms with E-state index in [1.54, 1.807) is 0 Å². The van der Waals surface area contributed by atoms with Gasteiger partial charge in [0.05, 0.1) is 17.1 Å². The second kappa shape index (κ2) is 5.53. The van der Waals surface area contributed by atoms with Gasteiger partial charge in [0, 0.05) is 24.3 Å². The van der Waals surface area contributed by atoms with Gasteiger partial charge in [-0.15, -0.1) is 0 Å². The van der Waals surface area contributed by atoms with Gasteiger partial charge < -0.3 is 14.9 Å². The van der Waals surface area contributed by atoms with Crippen molar-refractivity contribution in [3.05, 3.63) is 66.1 Å². The molecule has 1 unspecified atom stereocenters. The molecule has 0 bridgehead atoms. The average Bonchev–Trinajstić information content (AvgIpc) is 3.19. The normalized spacial score (nSPS) is 12.6. The first-order chi connectivity index (χ1) is 11.6. The lowest BCUT2D eigenvalue weighted by atomic mass is 10.1. The molecule has 0 saturated carbocycles. The van der Waals surface area contributed by atoms with Crippen LogP contribution in [0, 0.1) is 0 Å². The van der Waals surface area contributed by atoms with Gasteiger partial charge in [-0.25, -0.2) is 4.98 Å². The van der Waals surface area contributed by atoms with Gasteiger partial charge in [-0.3, -0.25) is 4.79 Å². The predicted molar refractivity (Wildman–Crippen MR) is 94.9 cm³/mol. The molecule has 5 heteroatoms. The van der Waals surface area contributed by atoms with Gasteiger partial charge in [-0.2, -0.15) is 0 Å². The molecule has 2 aromatic carbocycles. The summed E-state index contributed by atoms with van der Waals surface area (Å²) in [6.45, 7) is 1.95. The number of imidazole rings is 1. The Balaban J connectivity index is 1.61. The number of para-hydroxylation sites is 2. The minimum atomic E-state index is -0.186. The van der Waals surface area contributed by atoms with Crippen LogP contribution in [0.3, 0.4) is 0 Å². The smallest absolute Gasteiger partial charge is 0.251 e. The third-order valence-corrected chi connectivity index (χ3v) is 4.37. The van der Waals surface area contributed by atoms with E-state index in [9.17, 15) is 4.79 Å². The van der Waals surface area contributed by atoms with E-state index in [4.69, 9.17) is 0 Å². The Bertz CT molecular complexity index is 1040. The fourth-order valence-corrected chi connectivity index (χ4v) is 3.09. The highest BCUT2D eigenvalue weighted by molar-refractivity contribution is 5.98. The van der Waals surface area contributed by atoms with E-state index in [0.717, 1.165) is 27.8 Å². The molecule has 5 nitrogen and oxygen atoms in total. The van der Waals surface area contributed by atoms with Crippen LogP contribution in [0.5, 0.6) is 0 Å². The average molecular weight is 318 g/mol. The summed E-state index contributed by atoms with van der Waals surface area (Å²) in [5.74, 6) is 0.733. The number of nitrogens with one attached hydrogen (secondary N) is 2. The molecule has 24 heavy (non-hydrogen) atoms. The summed E-state index contributed by atoms with van der Waals surface area (Å²) in [5.41, 5.74) is 3.58. The molecular weight excluding hydrogens is 300 g/mol. The number of carbonyl (C=O) groups excluding carboxylic acids is 1. The SMILES string of the molecule is CC(NC(=O)c1ccc2cc[nH]c2c1)c1nc2ccccc2n1C. The summed E-state index contributed by atoms with van der Waals surface area (Å²) in [5, 5.41) is 4.13. The number of fused-ring (bicyclic) bond motifs is 2. The van der Waals surface area contributed by atoms with Crippen molar-refractivity contribution < 1.29 is 4.79 Å². The summed E-state index contributed by atoms with van der Waals surface area (Å²) in [7, 11) is 1.97. The molecule has 0 radical (unpaired) electrons. The van der Waals surface area contributed by atoms with E-state index < -0.39 is 0 Å². The van der Waals surface area contributed by atoms with Crippen molar-refractivity contribution in [3.8, 4) is 0 Å². The van der Waals surface area contributed by atoms with Crippen LogP contribution in [0.15, 0.2) is 54.7 Å². The Labute approximate surface area is 139 Å². The third-order valence-electron chi connectivity index (χ3n) is 4.37. The van der Waals surface area contributed by atoms with Gasteiger partial charge >= 0.3 is 0 Å². The molecule has 2 aromatic heterocycles. The lowest BCUT2D eigenvalue weighted by Crippen LogP contribution is -2.28. The molecule has 0 aliphatic carbocycles. The molecule has 0 fully saturated rings. The van der Waals surface area contributed by atoms with E-state index in [1.165, 1.54) is 0 Å². The van der Waals surface area contributed by atoms with E-state index in [2.05, 4.69) is 15.3 Å². The van der Waals surface area contributed by atoms with Crippen LogP contribution < -0.4 is 5.32 Å². The highest BCUT2D eigenvalue weighted by Crippen LogP contribution is 2.20. The van der Waals surface area contributed by atoms with Crippen LogP contribution in [0.2, 0.25) is 0 Å². The van der Waals surface area contributed by atoms with Crippen molar-refractivity contribution in [2.45, 2.75) is 13.0 Å². The molecule has 0 spiro atoms. The molecule has 1 amide bonds. The first-order valence-electron chi connectivity index (χ1n) is 7.93. The Hall–Kier alpha value is -3.08. The minimum absolute atomic E-state index is 0.106. The fourth-order valence-electron chi connectivity index (χ4n) is 3.09. The first kappa shape index (κ1) is 14.5. The van der Waals surface area contributed by atoms with Crippen molar-refractivity contribution in [1.82, 2.24) is 19.9 Å². The van der Waals surface area contributed by atoms with Gasteiger partial charge in [0.15, 0.2) is 0 Å². The fraction of sp³-hybridized carbons (Fsp3) is 0.158. The van der Waals surface area contributed by atoms with Gasteiger partial charge in [-0.1, -0.05) is 18.2 Å². The maximum Gasteiger partial charge on any atom is 0.251 e. The topological polar surface area (TPSA) is 62.7 Å². The lowest BCUT2D eigenvalue weighted by Gasteiger charge is -2.14. The Morgan fingerprint density at radius 3 is 2.88 bits per heavy atom. The molecule has 120 valence electrons. The molecule has 0 saturated heterocycles. The summed E-state index contributed by atoms with van der Waals surface area (Å²) in [6.07, 6.45) is 1.87. The predicted octanol–water partition coefficient (Wildman–Crippen LogP) is 3.55. The zero-order valence-corrected chi connectivity index (χ0v) is 13.6. The number of nitrogens with zero attached hydrogens (tertiary/aromatic N) is 2. The summed E-state index contributed by atoms with van der Waals surface area (Å²) in [6, 6.07) is 15.4. The largest absolute Gasteiger partial charge is 0.361 e. The Morgan fingerprint density at radius 2 is 2.04 bits per heavy atom. The zero-order valence-electron chi connectivity index (χ0n) is 13.6. The first-order valence-corrected chi connectivity index (χ1v) is 7.93. The monoisotopic (exact) mass is 318 g/mol. The highest BCUT2D eigenvalue weighted by atomic mass is 16.1. The third kappa shape index (κ3) is 2.34. The second-order valence-electron chi connectivity index (χ2n) is 5.99. The molecule has 0 aliphatic heterocycles. The molecule has 0 aliphatic rings. The zero-order chi connectivity index (χ0) is 16.7. The Kier molecular flexibility index (Phi) is 3.34. The van der Waals surface area contributed by atoms with E-state index in [1.807, 2.05) is 73.3 Å². The van der Waals surface area contributed by atoms with Crippen molar-refractivity contribution in [3.63, 3.8) is 0 Å². The molecule has 4 rings (SSSR count). The maximum atomic E-state index is 12.6. The number of amides is 1. The second-order valence-corrected chi connectivity index (χ2v) is 5.99.